The third-order valence-corrected chi connectivity index (χ3v) is 2.97. The van der Waals surface area contributed by atoms with Crippen molar-refractivity contribution in [2.45, 2.75) is 13.5 Å². The lowest BCUT2D eigenvalue weighted by atomic mass is 10.2. The number of carbonyl (C=O) groups is 1. The smallest absolute Gasteiger partial charge is 0.251 e. The van der Waals surface area contributed by atoms with Crippen LogP contribution in [0.15, 0.2) is 42.6 Å². The van der Waals surface area contributed by atoms with Gasteiger partial charge in [-0.05, 0) is 36.8 Å². The van der Waals surface area contributed by atoms with Gasteiger partial charge in [-0.2, -0.15) is 0 Å². The maximum absolute atomic E-state index is 12.1. The fraction of sp³-hybridized carbons (Fsp3) is 0.250. The van der Waals surface area contributed by atoms with Crippen molar-refractivity contribution >= 4 is 11.7 Å². The van der Waals surface area contributed by atoms with E-state index in [9.17, 15) is 4.79 Å². The summed E-state index contributed by atoms with van der Waals surface area (Å²) >= 11 is 0. The van der Waals surface area contributed by atoms with E-state index in [4.69, 9.17) is 4.74 Å². The molecule has 2 aromatic rings. The van der Waals surface area contributed by atoms with Crippen LogP contribution in [0.1, 0.15) is 22.8 Å². The van der Waals surface area contributed by atoms with Crippen LogP contribution in [-0.4, -0.2) is 24.5 Å². The third-order valence-electron chi connectivity index (χ3n) is 2.97. The lowest BCUT2D eigenvalue weighted by Gasteiger charge is -2.08. The van der Waals surface area contributed by atoms with Gasteiger partial charge in [0.1, 0.15) is 11.6 Å². The van der Waals surface area contributed by atoms with E-state index >= 15 is 0 Å². The topological polar surface area (TPSA) is 63.2 Å². The molecule has 0 spiro atoms. The molecule has 0 saturated heterocycles. The number of nitrogens with one attached hydrogen (secondary N) is 2. The lowest BCUT2D eigenvalue weighted by molar-refractivity contribution is 0.0951. The number of ether oxygens (including phenoxy) is 1. The number of pyridine rings is 1. The van der Waals surface area contributed by atoms with Crippen LogP contribution in [0, 0.1) is 0 Å². The van der Waals surface area contributed by atoms with Gasteiger partial charge in [0.2, 0.25) is 0 Å². The number of carbonyl (C=O) groups excluding carboxylic acids is 1. The summed E-state index contributed by atoms with van der Waals surface area (Å²) in [6.07, 6.45) is 1.62. The van der Waals surface area contributed by atoms with E-state index in [1.165, 1.54) is 0 Å². The number of aromatic nitrogens is 1. The number of nitrogens with zero attached hydrogens (tertiary/aromatic N) is 1. The molecule has 0 aliphatic carbocycles. The summed E-state index contributed by atoms with van der Waals surface area (Å²) in [6.45, 7) is 3.20. The molecule has 1 aromatic heterocycles. The Balaban J connectivity index is 1.99. The van der Waals surface area contributed by atoms with Crippen molar-refractivity contribution in [3.8, 4) is 5.75 Å². The van der Waals surface area contributed by atoms with Gasteiger partial charge >= 0.3 is 0 Å². The fourth-order valence-electron chi connectivity index (χ4n) is 1.92. The van der Waals surface area contributed by atoms with Crippen molar-refractivity contribution < 1.29 is 9.53 Å². The van der Waals surface area contributed by atoms with Crippen molar-refractivity contribution in [1.29, 1.82) is 0 Å². The third kappa shape index (κ3) is 4.21. The molecular formula is C16H19N3O2. The maximum atomic E-state index is 12.1. The average molecular weight is 285 g/mol. The summed E-state index contributed by atoms with van der Waals surface area (Å²) in [4.78, 5) is 16.3. The van der Waals surface area contributed by atoms with Gasteiger partial charge in [-0.15, -0.1) is 0 Å². The Bertz CT molecular complexity index is 614. The van der Waals surface area contributed by atoms with E-state index in [1.807, 2.05) is 31.2 Å². The number of rotatable bonds is 6. The molecule has 1 amide bonds. The minimum absolute atomic E-state index is 0.126. The van der Waals surface area contributed by atoms with Crippen LogP contribution in [0.5, 0.6) is 5.75 Å². The summed E-state index contributed by atoms with van der Waals surface area (Å²) < 4.78 is 5.16. The Kier molecular flexibility index (Phi) is 5.15. The fourth-order valence-corrected chi connectivity index (χ4v) is 1.92. The Morgan fingerprint density at radius 1 is 1.29 bits per heavy atom. The number of hydrogen-bond donors (Lipinski definition) is 2. The minimum atomic E-state index is -0.126. The van der Waals surface area contributed by atoms with Gasteiger partial charge in [0.25, 0.3) is 5.91 Å². The normalized spacial score (nSPS) is 10.0. The Labute approximate surface area is 124 Å². The molecule has 0 bridgehead atoms. The molecule has 2 N–H and O–H groups in total. The second-order valence-corrected chi connectivity index (χ2v) is 4.49. The molecule has 0 unspecified atom stereocenters. The summed E-state index contributed by atoms with van der Waals surface area (Å²) in [6, 6.07) is 11.1. The summed E-state index contributed by atoms with van der Waals surface area (Å²) in [7, 11) is 1.62. The highest BCUT2D eigenvalue weighted by Crippen LogP contribution is 2.12. The van der Waals surface area contributed by atoms with E-state index in [0.29, 0.717) is 17.9 Å². The predicted octanol–water partition coefficient (Wildman–Crippen LogP) is 2.45. The molecule has 0 aliphatic heterocycles. The predicted molar refractivity (Wildman–Crippen MR) is 82.6 cm³/mol. The highest BCUT2D eigenvalue weighted by molar-refractivity contribution is 5.94. The molecule has 0 saturated carbocycles. The average Bonchev–Trinajstić information content (AvgIpc) is 2.53. The van der Waals surface area contributed by atoms with Gasteiger partial charge < -0.3 is 15.4 Å². The first-order valence-electron chi connectivity index (χ1n) is 6.84. The number of benzene rings is 1. The van der Waals surface area contributed by atoms with Crippen LogP contribution in [0.2, 0.25) is 0 Å². The van der Waals surface area contributed by atoms with Crippen molar-refractivity contribution in [3.63, 3.8) is 0 Å². The van der Waals surface area contributed by atoms with Gasteiger partial charge in [-0.3, -0.25) is 4.79 Å². The maximum Gasteiger partial charge on any atom is 0.251 e. The molecule has 0 radical (unpaired) electrons. The van der Waals surface area contributed by atoms with Gasteiger partial charge in [0.15, 0.2) is 0 Å². The quantitative estimate of drug-likeness (QED) is 0.855. The number of methoxy groups -OCH3 is 1. The Morgan fingerprint density at radius 2 is 2.14 bits per heavy atom. The Hall–Kier alpha value is -2.56. The molecule has 5 heteroatoms. The zero-order chi connectivity index (χ0) is 15.1. The van der Waals surface area contributed by atoms with Crippen molar-refractivity contribution in [2.75, 3.05) is 19.0 Å². The second-order valence-electron chi connectivity index (χ2n) is 4.49. The van der Waals surface area contributed by atoms with E-state index in [2.05, 4.69) is 15.6 Å². The Morgan fingerprint density at radius 3 is 2.90 bits per heavy atom. The summed E-state index contributed by atoms with van der Waals surface area (Å²) in [5.41, 5.74) is 1.58. The first-order valence-corrected chi connectivity index (χ1v) is 6.84. The summed E-state index contributed by atoms with van der Waals surface area (Å²) in [5, 5.41) is 5.97. The largest absolute Gasteiger partial charge is 0.497 e. The monoisotopic (exact) mass is 285 g/mol. The molecule has 0 atom stereocenters. The summed E-state index contributed by atoms with van der Waals surface area (Å²) in [5.74, 6) is 1.35. The first kappa shape index (κ1) is 14.8. The van der Waals surface area contributed by atoms with Crippen LogP contribution in [0.25, 0.3) is 0 Å². The minimum Gasteiger partial charge on any atom is -0.497 e. The first-order chi connectivity index (χ1) is 10.2. The van der Waals surface area contributed by atoms with Gasteiger partial charge in [-0.1, -0.05) is 12.1 Å². The van der Waals surface area contributed by atoms with E-state index in [0.717, 1.165) is 17.9 Å². The molecule has 5 nitrogen and oxygen atoms in total. The zero-order valence-electron chi connectivity index (χ0n) is 12.2. The molecule has 0 aliphatic rings. The zero-order valence-corrected chi connectivity index (χ0v) is 12.2. The van der Waals surface area contributed by atoms with Crippen LogP contribution in [-0.2, 0) is 6.54 Å². The number of hydrogen-bond acceptors (Lipinski definition) is 4. The van der Waals surface area contributed by atoms with Crippen LogP contribution in [0.4, 0.5) is 5.82 Å². The molecule has 1 aromatic carbocycles. The van der Waals surface area contributed by atoms with Crippen LogP contribution in [0.3, 0.4) is 0 Å². The van der Waals surface area contributed by atoms with Gasteiger partial charge in [-0.25, -0.2) is 4.98 Å². The highest BCUT2D eigenvalue weighted by Gasteiger charge is 2.06. The van der Waals surface area contributed by atoms with Gasteiger partial charge in [0, 0.05) is 24.8 Å². The van der Waals surface area contributed by atoms with E-state index in [1.54, 1.807) is 25.4 Å². The molecule has 2 rings (SSSR count). The van der Waals surface area contributed by atoms with Crippen LogP contribution < -0.4 is 15.4 Å². The molecule has 110 valence electrons. The molecular weight excluding hydrogens is 266 g/mol. The lowest BCUT2D eigenvalue weighted by Crippen LogP contribution is -2.23. The molecule has 21 heavy (non-hydrogen) atoms. The number of anilines is 1. The van der Waals surface area contributed by atoms with Gasteiger partial charge in [0.05, 0.1) is 7.11 Å². The van der Waals surface area contributed by atoms with Crippen molar-refractivity contribution in [1.82, 2.24) is 10.3 Å². The van der Waals surface area contributed by atoms with Crippen LogP contribution >= 0.6 is 0 Å². The standard InChI is InChI=1S/C16H19N3O2/c1-3-17-15-10-13(7-8-18-15)16(20)19-11-12-5-4-6-14(9-12)21-2/h4-10H,3,11H2,1-2H3,(H,17,18)(H,19,20). The van der Waals surface area contributed by atoms with E-state index in [-0.39, 0.29) is 5.91 Å². The molecule has 0 fully saturated rings. The number of amides is 1. The second kappa shape index (κ2) is 7.28. The van der Waals surface area contributed by atoms with Crippen molar-refractivity contribution in [2.24, 2.45) is 0 Å². The van der Waals surface area contributed by atoms with E-state index < -0.39 is 0 Å². The SMILES string of the molecule is CCNc1cc(C(=O)NCc2cccc(OC)c2)ccn1. The van der Waals surface area contributed by atoms with Crippen molar-refractivity contribution in [3.05, 3.63) is 53.7 Å². The molecule has 1 heterocycles. The highest BCUT2D eigenvalue weighted by atomic mass is 16.5.